The molecule has 0 saturated carbocycles. The molecule has 23 heavy (non-hydrogen) atoms. The van der Waals surface area contributed by atoms with Gasteiger partial charge in [0, 0.05) is 6.20 Å². The number of rotatable bonds is 5. The first kappa shape index (κ1) is 16.7. The summed E-state index contributed by atoms with van der Waals surface area (Å²) in [6.07, 6.45) is 1.81. The van der Waals surface area contributed by atoms with Crippen molar-refractivity contribution >= 4 is 11.9 Å². The summed E-state index contributed by atoms with van der Waals surface area (Å²) in [7, 11) is 0. The predicted molar refractivity (Wildman–Crippen MR) is 82.1 cm³/mol. The van der Waals surface area contributed by atoms with Gasteiger partial charge in [-0.3, -0.25) is 4.79 Å². The normalized spacial score (nSPS) is 13.4. The number of carboxylic acids is 1. The van der Waals surface area contributed by atoms with Crippen molar-refractivity contribution < 1.29 is 19.1 Å². The molecule has 0 radical (unpaired) electrons. The molecule has 1 amide bonds. The first-order chi connectivity index (χ1) is 10.8. The van der Waals surface area contributed by atoms with Crippen LogP contribution in [0.1, 0.15) is 36.3 Å². The number of carbonyl (C=O) groups is 2. The van der Waals surface area contributed by atoms with Crippen LogP contribution < -0.4 is 5.32 Å². The molecule has 0 aliphatic heterocycles. The molecule has 2 rings (SSSR count). The quantitative estimate of drug-likeness (QED) is 0.885. The average molecular weight is 319 g/mol. The van der Waals surface area contributed by atoms with Crippen LogP contribution in [0.25, 0.3) is 5.69 Å². The Balaban J connectivity index is 2.25. The van der Waals surface area contributed by atoms with Crippen molar-refractivity contribution in [3.8, 4) is 5.69 Å². The monoisotopic (exact) mass is 319 g/mol. The summed E-state index contributed by atoms with van der Waals surface area (Å²) in [5, 5.41) is 15.8. The van der Waals surface area contributed by atoms with Crippen molar-refractivity contribution in [3.63, 3.8) is 0 Å². The molecule has 0 aliphatic carbocycles. The highest BCUT2D eigenvalue weighted by molar-refractivity contribution is 5.96. The summed E-state index contributed by atoms with van der Waals surface area (Å²) in [6.45, 7) is 4.85. The fourth-order valence-corrected chi connectivity index (χ4v) is 2.06. The summed E-state index contributed by atoms with van der Waals surface area (Å²) < 4.78 is 14.6. The Bertz CT molecular complexity index is 757. The molecule has 2 aromatic rings. The zero-order valence-corrected chi connectivity index (χ0v) is 13.1. The number of aryl methyl sites for hydroxylation is 1. The van der Waals surface area contributed by atoms with Crippen LogP contribution in [0.3, 0.4) is 0 Å². The van der Waals surface area contributed by atoms with E-state index in [2.05, 4.69) is 10.4 Å². The molecule has 1 heterocycles. The fraction of sp³-hybridized carbons (Fsp3) is 0.312. The molecule has 2 N–H and O–H groups in total. The predicted octanol–water partition coefficient (Wildman–Crippen LogP) is 2.30. The summed E-state index contributed by atoms with van der Waals surface area (Å²) in [4.78, 5) is 23.4. The van der Waals surface area contributed by atoms with Gasteiger partial charge in [-0.15, -0.1) is 0 Å². The van der Waals surface area contributed by atoms with E-state index >= 15 is 0 Å². The molecule has 1 aromatic heterocycles. The van der Waals surface area contributed by atoms with Crippen molar-refractivity contribution in [2.45, 2.75) is 32.7 Å². The zero-order chi connectivity index (χ0) is 17.2. The van der Waals surface area contributed by atoms with Gasteiger partial charge < -0.3 is 10.4 Å². The van der Waals surface area contributed by atoms with Crippen LogP contribution in [0.4, 0.5) is 4.39 Å². The summed E-state index contributed by atoms with van der Waals surface area (Å²) >= 11 is 0. The number of carboxylic acid groups (broad SMARTS) is 1. The molecule has 6 nitrogen and oxygen atoms in total. The standard InChI is InChI=1S/C16H18FN3O3/c1-4-16(3,15(22)23)18-14(21)12-7-8-20(19-12)13-6-5-11(17)9-10(13)2/h5-9H,4H2,1-3H3,(H,18,21)(H,22,23). The van der Waals surface area contributed by atoms with Crippen molar-refractivity contribution in [3.05, 3.63) is 47.5 Å². The lowest BCUT2D eigenvalue weighted by Crippen LogP contribution is -2.51. The number of hydrogen-bond acceptors (Lipinski definition) is 3. The van der Waals surface area contributed by atoms with Crippen molar-refractivity contribution in [1.29, 1.82) is 0 Å². The number of amides is 1. The lowest BCUT2D eigenvalue weighted by atomic mass is 9.99. The van der Waals surface area contributed by atoms with Crippen LogP contribution in [0.2, 0.25) is 0 Å². The Kier molecular flexibility index (Phi) is 4.49. The van der Waals surface area contributed by atoms with Crippen molar-refractivity contribution in [2.75, 3.05) is 0 Å². The molecular weight excluding hydrogens is 301 g/mol. The van der Waals surface area contributed by atoms with Gasteiger partial charge in [-0.25, -0.2) is 13.9 Å². The minimum Gasteiger partial charge on any atom is -0.480 e. The first-order valence-corrected chi connectivity index (χ1v) is 7.15. The van der Waals surface area contributed by atoms with E-state index in [1.54, 1.807) is 26.1 Å². The number of aliphatic carboxylic acids is 1. The number of nitrogens with one attached hydrogen (secondary N) is 1. The fourth-order valence-electron chi connectivity index (χ4n) is 2.06. The van der Waals surface area contributed by atoms with Crippen LogP contribution in [-0.4, -0.2) is 32.3 Å². The molecule has 0 saturated heterocycles. The highest BCUT2D eigenvalue weighted by atomic mass is 19.1. The SMILES string of the molecule is CCC(C)(NC(=O)c1ccn(-c2ccc(F)cc2C)n1)C(=O)O. The van der Waals surface area contributed by atoms with Crippen LogP contribution >= 0.6 is 0 Å². The second-order valence-electron chi connectivity index (χ2n) is 5.52. The zero-order valence-electron chi connectivity index (χ0n) is 13.1. The van der Waals surface area contributed by atoms with Crippen LogP contribution in [-0.2, 0) is 4.79 Å². The van der Waals surface area contributed by atoms with Crippen LogP contribution in [0.15, 0.2) is 30.5 Å². The first-order valence-electron chi connectivity index (χ1n) is 7.15. The molecule has 0 aliphatic rings. The number of nitrogens with zero attached hydrogens (tertiary/aromatic N) is 2. The van der Waals surface area contributed by atoms with E-state index < -0.39 is 17.4 Å². The Morgan fingerprint density at radius 2 is 2.09 bits per heavy atom. The molecule has 0 spiro atoms. The maximum absolute atomic E-state index is 13.1. The third-order valence-corrected chi connectivity index (χ3v) is 3.80. The number of benzene rings is 1. The second-order valence-corrected chi connectivity index (χ2v) is 5.52. The van der Waals surface area contributed by atoms with Gasteiger partial charge in [0.05, 0.1) is 5.69 Å². The topological polar surface area (TPSA) is 84.2 Å². The summed E-state index contributed by atoms with van der Waals surface area (Å²) in [6, 6.07) is 5.72. The van der Waals surface area contributed by atoms with E-state index in [1.807, 2.05) is 0 Å². The maximum Gasteiger partial charge on any atom is 0.329 e. The molecular formula is C16H18FN3O3. The molecule has 0 fully saturated rings. The largest absolute Gasteiger partial charge is 0.480 e. The number of carbonyl (C=O) groups excluding carboxylic acids is 1. The Labute approximate surface area is 132 Å². The number of halogens is 1. The van der Waals surface area contributed by atoms with Gasteiger partial charge in [-0.05, 0) is 50.1 Å². The van der Waals surface area contributed by atoms with Crippen molar-refractivity contribution in [1.82, 2.24) is 15.1 Å². The Morgan fingerprint density at radius 3 is 2.65 bits per heavy atom. The van der Waals surface area contributed by atoms with E-state index in [4.69, 9.17) is 0 Å². The van der Waals surface area contributed by atoms with Crippen molar-refractivity contribution in [2.24, 2.45) is 0 Å². The minimum atomic E-state index is -1.35. The van der Waals surface area contributed by atoms with Gasteiger partial charge in [-0.2, -0.15) is 5.10 Å². The van der Waals surface area contributed by atoms with E-state index in [-0.39, 0.29) is 17.9 Å². The minimum absolute atomic E-state index is 0.0923. The van der Waals surface area contributed by atoms with Gasteiger partial charge in [0.15, 0.2) is 5.69 Å². The molecule has 1 aromatic carbocycles. The van der Waals surface area contributed by atoms with Gasteiger partial charge in [0.1, 0.15) is 11.4 Å². The molecule has 122 valence electrons. The second kappa shape index (κ2) is 6.20. The summed E-state index contributed by atoms with van der Waals surface area (Å²) in [5.74, 6) is -2.03. The average Bonchev–Trinajstić information content (AvgIpc) is 2.96. The van der Waals surface area contributed by atoms with E-state index in [9.17, 15) is 19.1 Å². The van der Waals surface area contributed by atoms with E-state index in [1.165, 1.54) is 29.8 Å². The molecule has 0 bridgehead atoms. The third kappa shape index (κ3) is 3.39. The Hall–Kier alpha value is -2.70. The smallest absolute Gasteiger partial charge is 0.329 e. The van der Waals surface area contributed by atoms with Gasteiger partial charge in [-0.1, -0.05) is 6.92 Å². The highest BCUT2D eigenvalue weighted by Crippen LogP contribution is 2.16. The number of aromatic nitrogens is 2. The molecule has 1 unspecified atom stereocenters. The summed E-state index contributed by atoms with van der Waals surface area (Å²) in [5.41, 5.74) is 0.0488. The Morgan fingerprint density at radius 1 is 1.39 bits per heavy atom. The van der Waals surface area contributed by atoms with E-state index in [0.29, 0.717) is 11.3 Å². The molecule has 7 heteroatoms. The lowest BCUT2D eigenvalue weighted by molar-refractivity contribution is -0.143. The lowest BCUT2D eigenvalue weighted by Gasteiger charge is -2.23. The van der Waals surface area contributed by atoms with E-state index in [0.717, 1.165) is 0 Å². The highest BCUT2D eigenvalue weighted by Gasteiger charge is 2.33. The third-order valence-electron chi connectivity index (χ3n) is 3.80. The number of hydrogen-bond donors (Lipinski definition) is 2. The van der Waals surface area contributed by atoms with Gasteiger partial charge in [0.25, 0.3) is 5.91 Å². The van der Waals surface area contributed by atoms with Gasteiger partial charge in [0.2, 0.25) is 0 Å². The van der Waals surface area contributed by atoms with Crippen LogP contribution in [0.5, 0.6) is 0 Å². The maximum atomic E-state index is 13.1. The van der Waals surface area contributed by atoms with Crippen LogP contribution in [0, 0.1) is 12.7 Å². The molecule has 1 atom stereocenters. The van der Waals surface area contributed by atoms with Gasteiger partial charge >= 0.3 is 5.97 Å².